The van der Waals surface area contributed by atoms with Crippen LogP contribution >= 0.6 is 34.2 Å². The first-order chi connectivity index (χ1) is 7.68. The fourth-order valence-corrected chi connectivity index (χ4v) is 2.40. The van der Waals surface area contributed by atoms with Crippen molar-refractivity contribution in [2.75, 3.05) is 0 Å². The van der Waals surface area contributed by atoms with E-state index >= 15 is 0 Å². The molecule has 1 atom stereocenters. The molecule has 0 N–H and O–H groups in total. The third-order valence-corrected chi connectivity index (χ3v) is 4.25. The molecule has 0 aliphatic heterocycles. The van der Waals surface area contributed by atoms with E-state index in [1.54, 1.807) is 0 Å². The first-order valence-corrected chi connectivity index (χ1v) is 6.65. The second-order valence-corrected chi connectivity index (χ2v) is 5.38. The molecule has 0 aromatic heterocycles. The van der Waals surface area contributed by atoms with Crippen LogP contribution in [0.4, 0.5) is 0 Å². The molecular formula is C14H12ClI. The molecule has 16 heavy (non-hydrogen) atoms. The SMILES string of the molecule is Cc1ccc(C(Cl)c2ccccc2)cc1I. The van der Waals surface area contributed by atoms with Crippen LogP contribution in [0.3, 0.4) is 0 Å². The van der Waals surface area contributed by atoms with Crippen molar-refractivity contribution in [2.45, 2.75) is 12.3 Å². The summed E-state index contributed by atoms with van der Waals surface area (Å²) in [6.07, 6.45) is 0. The summed E-state index contributed by atoms with van der Waals surface area (Å²) in [5.41, 5.74) is 3.59. The first-order valence-electron chi connectivity index (χ1n) is 5.13. The van der Waals surface area contributed by atoms with E-state index in [0.717, 1.165) is 11.1 Å². The Morgan fingerprint density at radius 3 is 2.31 bits per heavy atom. The fraction of sp³-hybridized carbons (Fsp3) is 0.143. The van der Waals surface area contributed by atoms with Gasteiger partial charge in [0.1, 0.15) is 0 Å². The highest BCUT2D eigenvalue weighted by Gasteiger charge is 2.10. The van der Waals surface area contributed by atoms with Crippen molar-refractivity contribution in [3.05, 3.63) is 68.8 Å². The maximum atomic E-state index is 6.45. The summed E-state index contributed by atoms with van der Waals surface area (Å²) in [4.78, 5) is 0. The molecule has 2 rings (SSSR count). The minimum absolute atomic E-state index is 0.0599. The number of hydrogen-bond acceptors (Lipinski definition) is 0. The molecule has 0 bridgehead atoms. The molecule has 0 aliphatic rings. The Balaban J connectivity index is 2.34. The summed E-state index contributed by atoms with van der Waals surface area (Å²) in [5, 5.41) is -0.0599. The second kappa shape index (κ2) is 5.19. The van der Waals surface area contributed by atoms with E-state index in [-0.39, 0.29) is 5.38 Å². The number of benzene rings is 2. The van der Waals surface area contributed by atoms with Gasteiger partial charge in [-0.3, -0.25) is 0 Å². The zero-order valence-corrected chi connectivity index (χ0v) is 11.9. The molecule has 1 unspecified atom stereocenters. The second-order valence-electron chi connectivity index (χ2n) is 3.78. The van der Waals surface area contributed by atoms with Gasteiger partial charge >= 0.3 is 0 Å². The molecule has 0 fully saturated rings. The first kappa shape index (κ1) is 11.9. The van der Waals surface area contributed by atoms with Crippen LogP contribution < -0.4 is 0 Å². The Kier molecular flexibility index (Phi) is 3.87. The van der Waals surface area contributed by atoms with Crippen LogP contribution in [0.1, 0.15) is 22.1 Å². The van der Waals surface area contributed by atoms with Crippen molar-refractivity contribution < 1.29 is 0 Å². The Morgan fingerprint density at radius 2 is 1.69 bits per heavy atom. The van der Waals surface area contributed by atoms with Gasteiger partial charge in [-0.2, -0.15) is 0 Å². The van der Waals surface area contributed by atoms with Gasteiger partial charge in [-0.05, 0) is 52.3 Å². The quantitative estimate of drug-likeness (QED) is 0.536. The van der Waals surface area contributed by atoms with E-state index in [9.17, 15) is 0 Å². The zero-order valence-electron chi connectivity index (χ0n) is 8.95. The highest BCUT2D eigenvalue weighted by molar-refractivity contribution is 14.1. The van der Waals surface area contributed by atoms with Crippen LogP contribution in [0.25, 0.3) is 0 Å². The van der Waals surface area contributed by atoms with Gasteiger partial charge in [-0.1, -0.05) is 42.5 Å². The van der Waals surface area contributed by atoms with Crippen LogP contribution in [-0.4, -0.2) is 0 Å². The van der Waals surface area contributed by atoms with Gasteiger partial charge in [0.25, 0.3) is 0 Å². The predicted molar refractivity (Wildman–Crippen MR) is 78.0 cm³/mol. The minimum atomic E-state index is -0.0599. The lowest BCUT2D eigenvalue weighted by atomic mass is 10.0. The molecule has 0 radical (unpaired) electrons. The van der Waals surface area contributed by atoms with Crippen LogP contribution in [0.5, 0.6) is 0 Å². The molecule has 2 heteroatoms. The average Bonchev–Trinajstić information content (AvgIpc) is 2.33. The van der Waals surface area contributed by atoms with Crippen molar-refractivity contribution in [1.82, 2.24) is 0 Å². The fourth-order valence-electron chi connectivity index (χ4n) is 1.58. The Bertz CT molecular complexity index is 479. The van der Waals surface area contributed by atoms with E-state index < -0.39 is 0 Å². The van der Waals surface area contributed by atoms with Gasteiger partial charge in [0.2, 0.25) is 0 Å². The maximum absolute atomic E-state index is 6.45. The standard InChI is InChI=1S/C14H12ClI/c1-10-7-8-12(9-13(10)16)14(15)11-5-3-2-4-6-11/h2-9,14H,1H3. The van der Waals surface area contributed by atoms with E-state index in [0.29, 0.717) is 0 Å². The number of halogens is 2. The summed E-state index contributed by atoms with van der Waals surface area (Å²) in [6, 6.07) is 16.5. The molecule has 0 amide bonds. The van der Waals surface area contributed by atoms with E-state index in [2.05, 4.69) is 59.8 Å². The number of aryl methyl sites for hydroxylation is 1. The lowest BCUT2D eigenvalue weighted by Crippen LogP contribution is -1.94. The Morgan fingerprint density at radius 1 is 1.00 bits per heavy atom. The smallest absolute Gasteiger partial charge is 0.0835 e. The largest absolute Gasteiger partial charge is 0.113 e. The van der Waals surface area contributed by atoms with Crippen molar-refractivity contribution in [3.63, 3.8) is 0 Å². The molecule has 2 aromatic rings. The Labute approximate surface area is 115 Å². The van der Waals surface area contributed by atoms with E-state index in [4.69, 9.17) is 11.6 Å². The van der Waals surface area contributed by atoms with Gasteiger partial charge in [-0.15, -0.1) is 11.6 Å². The van der Waals surface area contributed by atoms with Crippen molar-refractivity contribution in [3.8, 4) is 0 Å². The number of alkyl halides is 1. The van der Waals surface area contributed by atoms with Gasteiger partial charge in [0.05, 0.1) is 5.38 Å². The highest BCUT2D eigenvalue weighted by Crippen LogP contribution is 2.30. The zero-order chi connectivity index (χ0) is 11.5. The monoisotopic (exact) mass is 342 g/mol. The van der Waals surface area contributed by atoms with Crippen molar-refractivity contribution in [1.29, 1.82) is 0 Å². The Hall–Kier alpha value is -0.540. The summed E-state index contributed by atoms with van der Waals surface area (Å²) in [5.74, 6) is 0. The third-order valence-electron chi connectivity index (χ3n) is 2.58. The predicted octanol–water partition coefficient (Wildman–Crippen LogP) is 4.93. The number of hydrogen-bond donors (Lipinski definition) is 0. The lowest BCUT2D eigenvalue weighted by Gasteiger charge is -2.11. The van der Waals surface area contributed by atoms with Crippen LogP contribution in [0.2, 0.25) is 0 Å². The molecule has 0 nitrogen and oxygen atoms in total. The topological polar surface area (TPSA) is 0 Å². The maximum Gasteiger partial charge on any atom is 0.0835 e. The lowest BCUT2D eigenvalue weighted by molar-refractivity contribution is 1.13. The van der Waals surface area contributed by atoms with Gasteiger partial charge in [0.15, 0.2) is 0 Å². The van der Waals surface area contributed by atoms with Crippen LogP contribution in [0, 0.1) is 10.5 Å². The molecule has 0 spiro atoms. The highest BCUT2D eigenvalue weighted by atomic mass is 127. The third kappa shape index (κ3) is 2.58. The normalized spacial score (nSPS) is 12.4. The van der Waals surface area contributed by atoms with Crippen LogP contribution in [-0.2, 0) is 0 Å². The minimum Gasteiger partial charge on any atom is -0.113 e. The molecule has 0 aliphatic carbocycles. The average molecular weight is 343 g/mol. The van der Waals surface area contributed by atoms with E-state index in [1.807, 2.05) is 18.2 Å². The number of rotatable bonds is 2. The molecule has 0 saturated carbocycles. The summed E-state index contributed by atoms with van der Waals surface area (Å²) in [6.45, 7) is 2.11. The van der Waals surface area contributed by atoms with Crippen molar-refractivity contribution >= 4 is 34.2 Å². The van der Waals surface area contributed by atoms with Gasteiger partial charge in [0, 0.05) is 3.57 Å². The molecule has 0 heterocycles. The van der Waals surface area contributed by atoms with Gasteiger partial charge < -0.3 is 0 Å². The summed E-state index contributed by atoms with van der Waals surface area (Å²) >= 11 is 8.80. The molecule has 2 aromatic carbocycles. The molecule has 82 valence electrons. The molecular weight excluding hydrogens is 331 g/mol. The van der Waals surface area contributed by atoms with Crippen LogP contribution in [0.15, 0.2) is 48.5 Å². The van der Waals surface area contributed by atoms with E-state index in [1.165, 1.54) is 9.13 Å². The summed E-state index contributed by atoms with van der Waals surface area (Å²) < 4.78 is 1.26. The van der Waals surface area contributed by atoms with Crippen molar-refractivity contribution in [2.24, 2.45) is 0 Å². The van der Waals surface area contributed by atoms with Gasteiger partial charge in [-0.25, -0.2) is 0 Å². The molecule has 0 saturated heterocycles. The summed E-state index contributed by atoms with van der Waals surface area (Å²) in [7, 11) is 0.